The monoisotopic (exact) mass is 412 g/mol. The van der Waals surface area contributed by atoms with E-state index in [2.05, 4.69) is 48.6 Å². The molecule has 1 amide bonds. The van der Waals surface area contributed by atoms with Gasteiger partial charge in [-0.25, -0.2) is 0 Å². The van der Waals surface area contributed by atoms with E-state index >= 15 is 0 Å². The van der Waals surface area contributed by atoms with Gasteiger partial charge in [0.05, 0.1) is 5.69 Å². The van der Waals surface area contributed by atoms with Crippen molar-refractivity contribution in [2.45, 2.75) is 32.6 Å². The molecule has 134 valence electrons. The molecule has 5 nitrogen and oxygen atoms in total. The number of nitrogens with one attached hydrogen (secondary N) is 2. The third-order valence-corrected chi connectivity index (χ3v) is 4.80. The molecule has 0 fully saturated rings. The van der Waals surface area contributed by atoms with E-state index in [4.69, 9.17) is 0 Å². The van der Waals surface area contributed by atoms with Gasteiger partial charge in [-0.15, -0.1) is 0 Å². The van der Waals surface area contributed by atoms with Crippen molar-refractivity contribution in [1.29, 1.82) is 0 Å². The molecule has 3 rings (SSSR count). The number of halogens is 1. The predicted octanol–water partition coefficient (Wildman–Crippen LogP) is 4.89. The molecule has 0 aliphatic heterocycles. The average molecular weight is 413 g/mol. The third kappa shape index (κ3) is 4.79. The van der Waals surface area contributed by atoms with Gasteiger partial charge in [-0.2, -0.15) is 5.10 Å². The van der Waals surface area contributed by atoms with Gasteiger partial charge in [-0.05, 0) is 56.0 Å². The molecule has 0 atom stereocenters. The number of aromatic amines is 1. The number of rotatable bonds is 7. The maximum atomic E-state index is 12.2. The Balaban J connectivity index is 1.48. The summed E-state index contributed by atoms with van der Waals surface area (Å²) in [6.45, 7) is 1.95. The van der Waals surface area contributed by atoms with Crippen LogP contribution in [0.1, 0.15) is 30.4 Å². The lowest BCUT2D eigenvalue weighted by Crippen LogP contribution is -2.12. The maximum Gasteiger partial charge on any atom is 0.225 e. The fourth-order valence-electron chi connectivity index (χ4n) is 2.78. The molecule has 0 aliphatic carbocycles. The van der Waals surface area contributed by atoms with Crippen LogP contribution in [0.25, 0.3) is 11.3 Å². The van der Waals surface area contributed by atoms with E-state index in [1.54, 1.807) is 12.4 Å². The first-order valence-electron chi connectivity index (χ1n) is 8.63. The molecule has 2 aromatic heterocycles. The first-order valence-corrected chi connectivity index (χ1v) is 9.42. The summed E-state index contributed by atoms with van der Waals surface area (Å²) >= 11 is 3.44. The Morgan fingerprint density at radius 1 is 1.12 bits per heavy atom. The first kappa shape index (κ1) is 18.3. The zero-order chi connectivity index (χ0) is 18.4. The minimum Gasteiger partial charge on any atom is -0.309 e. The zero-order valence-electron chi connectivity index (χ0n) is 14.6. The highest BCUT2D eigenvalue weighted by atomic mass is 79.9. The molecule has 26 heavy (non-hydrogen) atoms. The molecule has 0 saturated carbocycles. The normalized spacial score (nSPS) is 10.7. The molecule has 6 heteroatoms. The number of benzene rings is 1. The second-order valence-electron chi connectivity index (χ2n) is 6.19. The van der Waals surface area contributed by atoms with Crippen molar-refractivity contribution < 1.29 is 4.79 Å². The van der Waals surface area contributed by atoms with Gasteiger partial charge >= 0.3 is 0 Å². The number of nitrogens with zero attached hydrogens (tertiary/aromatic N) is 2. The number of unbranched alkanes of at least 4 members (excludes halogenated alkanes) is 1. The quantitative estimate of drug-likeness (QED) is 0.542. The highest BCUT2D eigenvalue weighted by molar-refractivity contribution is 9.10. The van der Waals surface area contributed by atoms with Gasteiger partial charge in [0.2, 0.25) is 5.91 Å². The molecule has 1 aromatic carbocycles. The Labute approximate surface area is 161 Å². The summed E-state index contributed by atoms with van der Waals surface area (Å²) in [6, 6.07) is 12.1. The van der Waals surface area contributed by atoms with Crippen LogP contribution < -0.4 is 5.32 Å². The van der Waals surface area contributed by atoms with E-state index in [1.165, 1.54) is 5.56 Å². The highest BCUT2D eigenvalue weighted by Crippen LogP contribution is 2.25. The van der Waals surface area contributed by atoms with Crippen LogP contribution in [0.5, 0.6) is 0 Å². The third-order valence-electron chi connectivity index (χ3n) is 4.27. The van der Waals surface area contributed by atoms with Gasteiger partial charge in [0.15, 0.2) is 5.82 Å². The summed E-state index contributed by atoms with van der Waals surface area (Å²) in [5.41, 5.74) is 4.12. The minimum atomic E-state index is -0.00307. The van der Waals surface area contributed by atoms with E-state index in [0.29, 0.717) is 12.2 Å². The molecule has 0 radical (unpaired) electrons. The Morgan fingerprint density at radius 3 is 2.58 bits per heavy atom. The molecule has 0 spiro atoms. The molecule has 0 bridgehead atoms. The average Bonchev–Trinajstić information content (AvgIpc) is 3.01. The van der Waals surface area contributed by atoms with E-state index in [0.717, 1.165) is 40.6 Å². The number of amides is 1. The zero-order valence-corrected chi connectivity index (χ0v) is 16.2. The molecule has 0 aliphatic rings. The topological polar surface area (TPSA) is 70.7 Å². The summed E-state index contributed by atoms with van der Waals surface area (Å²) in [5.74, 6) is 0.589. The molecular formula is C20H21BrN4O. The number of hydrogen-bond acceptors (Lipinski definition) is 3. The summed E-state index contributed by atoms with van der Waals surface area (Å²) < 4.78 is 1.08. The second kappa shape index (κ2) is 8.76. The van der Waals surface area contributed by atoms with Gasteiger partial charge < -0.3 is 5.32 Å². The van der Waals surface area contributed by atoms with Gasteiger partial charge in [0, 0.05) is 34.4 Å². The van der Waals surface area contributed by atoms with Gasteiger partial charge in [0.25, 0.3) is 0 Å². The molecule has 0 saturated heterocycles. The summed E-state index contributed by atoms with van der Waals surface area (Å²) in [6.07, 6.45) is 6.78. The minimum absolute atomic E-state index is 0.00307. The van der Waals surface area contributed by atoms with Crippen molar-refractivity contribution in [1.82, 2.24) is 15.2 Å². The number of H-pyrrole nitrogens is 1. The van der Waals surface area contributed by atoms with Gasteiger partial charge in [0.1, 0.15) is 0 Å². The fourth-order valence-corrected chi connectivity index (χ4v) is 3.04. The summed E-state index contributed by atoms with van der Waals surface area (Å²) in [4.78, 5) is 16.2. The van der Waals surface area contributed by atoms with Crippen molar-refractivity contribution in [3.63, 3.8) is 0 Å². The van der Waals surface area contributed by atoms with Crippen LogP contribution in [0.3, 0.4) is 0 Å². The standard InChI is InChI=1S/C20H21BrN4O/c1-14-19(16-10-12-22-13-11-16)24-25-20(14)23-18(26)5-3-2-4-15-6-8-17(21)9-7-15/h6-13H,2-5H2,1H3,(H2,23,24,25,26). The SMILES string of the molecule is Cc1c(NC(=O)CCCCc2ccc(Br)cc2)n[nH]c1-c1ccncc1. The maximum absolute atomic E-state index is 12.2. The Kier molecular flexibility index (Phi) is 6.17. The summed E-state index contributed by atoms with van der Waals surface area (Å²) in [5, 5.41) is 10.1. The van der Waals surface area contributed by atoms with Crippen LogP contribution in [-0.4, -0.2) is 21.1 Å². The van der Waals surface area contributed by atoms with Crippen molar-refractivity contribution in [2.24, 2.45) is 0 Å². The smallest absolute Gasteiger partial charge is 0.225 e. The molecule has 2 N–H and O–H groups in total. The number of hydrogen-bond donors (Lipinski definition) is 2. The molecule has 3 aromatic rings. The lowest BCUT2D eigenvalue weighted by atomic mass is 10.1. The Hall–Kier alpha value is -2.47. The van der Waals surface area contributed by atoms with Crippen molar-refractivity contribution in [2.75, 3.05) is 5.32 Å². The largest absolute Gasteiger partial charge is 0.309 e. The lowest BCUT2D eigenvalue weighted by molar-refractivity contribution is -0.116. The Morgan fingerprint density at radius 2 is 1.85 bits per heavy atom. The van der Waals surface area contributed by atoms with Crippen LogP contribution in [0.2, 0.25) is 0 Å². The fraction of sp³-hybridized carbons (Fsp3) is 0.250. The Bertz CT molecular complexity index is 859. The van der Waals surface area contributed by atoms with Crippen LogP contribution >= 0.6 is 15.9 Å². The summed E-state index contributed by atoms with van der Waals surface area (Å²) in [7, 11) is 0. The number of anilines is 1. The van der Waals surface area contributed by atoms with Crippen molar-refractivity contribution >= 4 is 27.7 Å². The first-order chi connectivity index (χ1) is 12.6. The number of carbonyl (C=O) groups is 1. The van der Waals surface area contributed by atoms with E-state index < -0.39 is 0 Å². The predicted molar refractivity (Wildman–Crippen MR) is 107 cm³/mol. The van der Waals surface area contributed by atoms with Gasteiger partial charge in [-0.1, -0.05) is 28.1 Å². The highest BCUT2D eigenvalue weighted by Gasteiger charge is 2.13. The van der Waals surface area contributed by atoms with E-state index in [9.17, 15) is 4.79 Å². The van der Waals surface area contributed by atoms with Crippen LogP contribution in [-0.2, 0) is 11.2 Å². The lowest BCUT2D eigenvalue weighted by Gasteiger charge is -2.05. The van der Waals surface area contributed by atoms with Crippen molar-refractivity contribution in [3.8, 4) is 11.3 Å². The second-order valence-corrected chi connectivity index (χ2v) is 7.11. The number of pyridine rings is 1. The number of aryl methyl sites for hydroxylation is 1. The van der Waals surface area contributed by atoms with Crippen LogP contribution in [0.15, 0.2) is 53.3 Å². The van der Waals surface area contributed by atoms with Crippen LogP contribution in [0.4, 0.5) is 5.82 Å². The molecule has 2 heterocycles. The molecule has 0 unspecified atom stereocenters. The van der Waals surface area contributed by atoms with E-state index in [-0.39, 0.29) is 5.91 Å². The molecular weight excluding hydrogens is 392 g/mol. The van der Waals surface area contributed by atoms with E-state index in [1.807, 2.05) is 31.2 Å². The van der Waals surface area contributed by atoms with Crippen LogP contribution in [0, 0.1) is 6.92 Å². The van der Waals surface area contributed by atoms with Gasteiger partial charge in [-0.3, -0.25) is 14.9 Å². The number of aromatic nitrogens is 3. The number of carbonyl (C=O) groups excluding carboxylic acids is 1. The van der Waals surface area contributed by atoms with Crippen molar-refractivity contribution in [3.05, 3.63) is 64.4 Å².